The van der Waals surface area contributed by atoms with E-state index >= 15 is 0 Å². The minimum Gasteiger partial charge on any atom is -0.480 e. The molecule has 0 bridgehead atoms. The van der Waals surface area contributed by atoms with E-state index in [1.165, 1.54) is 11.3 Å². The van der Waals surface area contributed by atoms with Crippen LogP contribution in [0.1, 0.15) is 39.0 Å². The summed E-state index contributed by atoms with van der Waals surface area (Å²) in [6, 6.07) is -0.567. The lowest BCUT2D eigenvalue weighted by Crippen LogP contribution is -2.45. The Hall–Kier alpha value is -1.06. The lowest BCUT2D eigenvalue weighted by molar-refractivity contribution is -0.147. The molecular weight excluding hydrogens is 182 g/mol. The number of carboxylic acid groups (broad SMARTS) is 1. The highest BCUT2D eigenvalue weighted by atomic mass is 16.4. The molecule has 0 radical (unpaired) electrons. The lowest BCUT2D eigenvalue weighted by Gasteiger charge is -2.33. The molecule has 4 heteroatoms. The first-order chi connectivity index (χ1) is 6.66. The molecule has 1 aliphatic rings. The monoisotopic (exact) mass is 199 g/mol. The normalized spacial score (nSPS) is 20.1. The topological polar surface area (TPSA) is 57.6 Å². The predicted molar refractivity (Wildman–Crippen MR) is 51.9 cm³/mol. The number of carboxylic acids is 1. The van der Waals surface area contributed by atoms with Gasteiger partial charge in [-0.25, -0.2) is 4.79 Å². The molecule has 1 aliphatic carbocycles. The van der Waals surface area contributed by atoms with Crippen molar-refractivity contribution in [2.24, 2.45) is 0 Å². The molecule has 1 rings (SSSR count). The molecule has 4 nitrogen and oxygen atoms in total. The van der Waals surface area contributed by atoms with Gasteiger partial charge in [0.05, 0.1) is 0 Å². The number of hydrogen-bond donors (Lipinski definition) is 1. The lowest BCUT2D eigenvalue weighted by atomic mass is 9.93. The molecule has 0 aromatic heterocycles. The van der Waals surface area contributed by atoms with Gasteiger partial charge in [0.2, 0.25) is 6.41 Å². The Balaban J connectivity index is 2.59. The first-order valence-corrected chi connectivity index (χ1v) is 5.12. The maximum atomic E-state index is 10.8. The van der Waals surface area contributed by atoms with Crippen molar-refractivity contribution in [1.29, 1.82) is 0 Å². The first kappa shape index (κ1) is 11.0. The Bertz CT molecular complexity index is 211. The van der Waals surface area contributed by atoms with E-state index in [2.05, 4.69) is 0 Å². The van der Waals surface area contributed by atoms with Crippen molar-refractivity contribution >= 4 is 12.4 Å². The molecule has 80 valence electrons. The molecule has 0 heterocycles. The Morgan fingerprint density at radius 2 is 2.00 bits per heavy atom. The van der Waals surface area contributed by atoms with Gasteiger partial charge in [-0.1, -0.05) is 19.3 Å². The highest BCUT2D eigenvalue weighted by Crippen LogP contribution is 2.23. The summed E-state index contributed by atoms with van der Waals surface area (Å²) >= 11 is 0. The maximum absolute atomic E-state index is 10.8. The number of carbonyl (C=O) groups excluding carboxylic acids is 1. The zero-order valence-corrected chi connectivity index (χ0v) is 8.48. The summed E-state index contributed by atoms with van der Waals surface area (Å²) in [5.74, 6) is -0.928. The summed E-state index contributed by atoms with van der Waals surface area (Å²) in [5.41, 5.74) is 0. The number of hydrogen-bond acceptors (Lipinski definition) is 2. The first-order valence-electron chi connectivity index (χ1n) is 5.12. The molecule has 1 saturated carbocycles. The van der Waals surface area contributed by atoms with Gasteiger partial charge < -0.3 is 10.0 Å². The standard InChI is InChI=1S/C10H17NO3/c1-8(10(13)14)11(7-12)9-5-3-2-4-6-9/h7-9H,2-6H2,1H3,(H,13,14)/t8-/m1/s1. The van der Waals surface area contributed by atoms with Crippen LogP contribution >= 0.6 is 0 Å². The van der Waals surface area contributed by atoms with Crippen molar-refractivity contribution in [3.05, 3.63) is 0 Å². The fourth-order valence-electron chi connectivity index (χ4n) is 2.00. The smallest absolute Gasteiger partial charge is 0.326 e. The summed E-state index contributed by atoms with van der Waals surface area (Å²) in [4.78, 5) is 23.0. The molecule has 0 saturated heterocycles. The molecule has 0 aliphatic heterocycles. The Morgan fingerprint density at radius 3 is 2.43 bits per heavy atom. The van der Waals surface area contributed by atoms with Crippen LogP contribution in [-0.4, -0.2) is 34.5 Å². The summed E-state index contributed by atoms with van der Waals surface area (Å²) in [6.45, 7) is 1.56. The van der Waals surface area contributed by atoms with Crippen LogP contribution in [0.3, 0.4) is 0 Å². The van der Waals surface area contributed by atoms with Crippen LogP contribution in [0, 0.1) is 0 Å². The minimum absolute atomic E-state index is 0.132. The second-order valence-electron chi connectivity index (χ2n) is 3.86. The molecule has 14 heavy (non-hydrogen) atoms. The van der Waals surface area contributed by atoms with Gasteiger partial charge in [0, 0.05) is 6.04 Å². The second-order valence-corrected chi connectivity index (χ2v) is 3.86. The van der Waals surface area contributed by atoms with Crippen molar-refractivity contribution in [1.82, 2.24) is 4.90 Å². The summed E-state index contributed by atoms with van der Waals surface area (Å²) in [7, 11) is 0. The van der Waals surface area contributed by atoms with E-state index in [-0.39, 0.29) is 6.04 Å². The van der Waals surface area contributed by atoms with Crippen molar-refractivity contribution in [3.8, 4) is 0 Å². The van der Waals surface area contributed by atoms with E-state index in [0.29, 0.717) is 6.41 Å². The van der Waals surface area contributed by atoms with Crippen LogP contribution in [0.15, 0.2) is 0 Å². The van der Waals surface area contributed by atoms with E-state index in [9.17, 15) is 9.59 Å². The zero-order valence-electron chi connectivity index (χ0n) is 8.48. The van der Waals surface area contributed by atoms with Gasteiger partial charge in [-0.3, -0.25) is 4.79 Å². The minimum atomic E-state index is -0.928. The Morgan fingerprint density at radius 1 is 1.43 bits per heavy atom. The Kier molecular flexibility index (Phi) is 3.92. The molecule has 1 fully saturated rings. The fourth-order valence-corrected chi connectivity index (χ4v) is 2.00. The van der Waals surface area contributed by atoms with Gasteiger partial charge in [0.25, 0.3) is 0 Å². The predicted octanol–water partition coefficient (Wildman–Crippen LogP) is 1.25. The van der Waals surface area contributed by atoms with E-state index in [4.69, 9.17) is 5.11 Å². The SMILES string of the molecule is C[C@H](C(=O)O)N(C=O)C1CCCCC1. The third-order valence-electron chi connectivity index (χ3n) is 2.92. The molecule has 1 N–H and O–H groups in total. The number of amides is 1. The molecular formula is C10H17NO3. The van der Waals surface area contributed by atoms with E-state index < -0.39 is 12.0 Å². The van der Waals surface area contributed by atoms with Gasteiger partial charge >= 0.3 is 5.97 Å². The van der Waals surface area contributed by atoms with Gasteiger partial charge in [0.15, 0.2) is 0 Å². The highest BCUT2D eigenvalue weighted by molar-refractivity contribution is 5.75. The number of carbonyl (C=O) groups is 2. The van der Waals surface area contributed by atoms with Gasteiger partial charge in [-0.15, -0.1) is 0 Å². The number of nitrogens with zero attached hydrogens (tertiary/aromatic N) is 1. The van der Waals surface area contributed by atoms with Gasteiger partial charge in [-0.05, 0) is 19.8 Å². The fraction of sp³-hybridized carbons (Fsp3) is 0.800. The third kappa shape index (κ3) is 2.47. The molecule has 0 spiro atoms. The van der Waals surface area contributed by atoms with E-state index in [0.717, 1.165) is 25.7 Å². The maximum Gasteiger partial charge on any atom is 0.326 e. The van der Waals surface area contributed by atoms with Crippen LogP contribution in [-0.2, 0) is 9.59 Å². The van der Waals surface area contributed by atoms with Crippen LogP contribution in [0.2, 0.25) is 0 Å². The van der Waals surface area contributed by atoms with Crippen molar-refractivity contribution in [2.75, 3.05) is 0 Å². The van der Waals surface area contributed by atoms with Crippen LogP contribution in [0.5, 0.6) is 0 Å². The third-order valence-corrected chi connectivity index (χ3v) is 2.92. The van der Waals surface area contributed by atoms with Crippen LogP contribution in [0.4, 0.5) is 0 Å². The van der Waals surface area contributed by atoms with Gasteiger partial charge in [0.1, 0.15) is 6.04 Å². The van der Waals surface area contributed by atoms with E-state index in [1.807, 2.05) is 0 Å². The van der Waals surface area contributed by atoms with Crippen molar-refractivity contribution in [3.63, 3.8) is 0 Å². The average molecular weight is 199 g/mol. The molecule has 0 aromatic carbocycles. The Labute approximate surface area is 83.9 Å². The highest BCUT2D eigenvalue weighted by Gasteiger charge is 2.27. The zero-order chi connectivity index (χ0) is 10.6. The van der Waals surface area contributed by atoms with Crippen LogP contribution < -0.4 is 0 Å². The molecule has 1 atom stereocenters. The van der Waals surface area contributed by atoms with Crippen molar-refractivity contribution < 1.29 is 14.7 Å². The molecule has 0 unspecified atom stereocenters. The van der Waals surface area contributed by atoms with Crippen LogP contribution in [0.25, 0.3) is 0 Å². The number of aliphatic carboxylic acids is 1. The van der Waals surface area contributed by atoms with E-state index in [1.54, 1.807) is 6.92 Å². The number of rotatable bonds is 4. The average Bonchev–Trinajstić information content (AvgIpc) is 2.20. The largest absolute Gasteiger partial charge is 0.480 e. The summed E-state index contributed by atoms with van der Waals surface area (Å²) in [5, 5.41) is 8.81. The second kappa shape index (κ2) is 4.98. The molecule has 1 amide bonds. The summed E-state index contributed by atoms with van der Waals surface area (Å²) in [6.07, 6.45) is 5.95. The quantitative estimate of drug-likeness (QED) is 0.693. The molecule has 0 aromatic rings. The van der Waals surface area contributed by atoms with Crippen molar-refractivity contribution in [2.45, 2.75) is 51.1 Å². The van der Waals surface area contributed by atoms with Gasteiger partial charge in [-0.2, -0.15) is 0 Å². The summed E-state index contributed by atoms with van der Waals surface area (Å²) < 4.78 is 0.